The van der Waals surface area contributed by atoms with E-state index >= 15 is 0 Å². The number of piperidine rings is 1. The largest absolute Gasteiger partial charge is 0.495 e. The first kappa shape index (κ1) is 18.7. The Balaban J connectivity index is 1.47. The number of amides is 1. The highest BCUT2D eigenvalue weighted by molar-refractivity contribution is 6.31. The van der Waals surface area contributed by atoms with Crippen LogP contribution in [0.15, 0.2) is 48.5 Å². The summed E-state index contributed by atoms with van der Waals surface area (Å²) in [7, 11) is 1.58. The highest BCUT2D eigenvalue weighted by atomic mass is 35.5. The first-order valence-electron chi connectivity index (χ1n) is 9.15. The van der Waals surface area contributed by atoms with Gasteiger partial charge in [-0.15, -0.1) is 0 Å². The molecule has 2 aromatic carbocycles. The maximum Gasteiger partial charge on any atom is 0.279 e. The molecule has 0 atom stereocenters. The minimum absolute atomic E-state index is 0.00192. The second-order valence-electron chi connectivity index (χ2n) is 6.95. The van der Waals surface area contributed by atoms with E-state index in [1.54, 1.807) is 25.3 Å². The Morgan fingerprint density at radius 2 is 1.92 bits per heavy atom. The van der Waals surface area contributed by atoms with Gasteiger partial charge >= 0.3 is 0 Å². The topological polar surface area (TPSA) is 42.8 Å². The van der Waals surface area contributed by atoms with Gasteiger partial charge in [-0.2, -0.15) is 0 Å². The molecule has 1 fully saturated rings. The molecular weight excluding hydrogens is 348 g/mol. The minimum Gasteiger partial charge on any atom is -0.495 e. The van der Waals surface area contributed by atoms with Crippen LogP contribution in [0.5, 0.6) is 5.75 Å². The number of rotatable bonds is 6. The van der Waals surface area contributed by atoms with Gasteiger partial charge in [0, 0.05) is 5.02 Å². The molecule has 1 heterocycles. The van der Waals surface area contributed by atoms with E-state index in [0.717, 1.165) is 38.3 Å². The fourth-order valence-electron chi connectivity index (χ4n) is 3.61. The van der Waals surface area contributed by atoms with Gasteiger partial charge in [-0.3, -0.25) is 4.79 Å². The summed E-state index contributed by atoms with van der Waals surface area (Å²) in [6.07, 6.45) is 3.47. The van der Waals surface area contributed by atoms with Crippen LogP contribution in [-0.4, -0.2) is 32.7 Å². The third-order valence-electron chi connectivity index (χ3n) is 5.03. The Morgan fingerprint density at radius 1 is 1.19 bits per heavy atom. The Kier molecular flexibility index (Phi) is 6.53. The molecule has 1 amide bonds. The van der Waals surface area contributed by atoms with E-state index < -0.39 is 0 Å². The fourth-order valence-corrected chi connectivity index (χ4v) is 3.79. The number of carbonyl (C=O) groups excluding carboxylic acids is 1. The van der Waals surface area contributed by atoms with E-state index in [-0.39, 0.29) is 5.91 Å². The quantitative estimate of drug-likeness (QED) is 0.817. The number of carbonyl (C=O) groups is 1. The summed E-state index contributed by atoms with van der Waals surface area (Å²) in [6.45, 7) is 2.56. The zero-order chi connectivity index (χ0) is 18.4. The zero-order valence-corrected chi connectivity index (χ0v) is 15.9. The number of quaternary nitrogens is 1. The summed E-state index contributed by atoms with van der Waals surface area (Å²) >= 11 is 6.02. The second-order valence-corrected chi connectivity index (χ2v) is 7.39. The number of ether oxygens (including phenoxy) is 1. The van der Waals surface area contributed by atoms with Gasteiger partial charge < -0.3 is 15.0 Å². The van der Waals surface area contributed by atoms with Crippen molar-refractivity contribution in [2.45, 2.75) is 19.3 Å². The maximum atomic E-state index is 12.4. The Labute approximate surface area is 160 Å². The Morgan fingerprint density at radius 3 is 2.62 bits per heavy atom. The number of nitrogens with one attached hydrogen (secondary N) is 2. The summed E-state index contributed by atoms with van der Waals surface area (Å²) in [5.41, 5.74) is 2.04. The Bertz CT molecular complexity index is 728. The third kappa shape index (κ3) is 5.23. The van der Waals surface area contributed by atoms with Crippen molar-refractivity contribution in [3.8, 4) is 5.75 Å². The number of likely N-dealkylation sites (tertiary alicyclic amines) is 1. The van der Waals surface area contributed by atoms with Crippen molar-refractivity contribution in [1.29, 1.82) is 0 Å². The zero-order valence-electron chi connectivity index (χ0n) is 15.1. The SMILES string of the molecule is COc1ccc(Cl)cc1NC(=O)C[NH+]1CCC(Cc2ccccc2)CC1. The van der Waals surface area contributed by atoms with Gasteiger partial charge in [0.25, 0.3) is 5.91 Å². The number of methoxy groups -OCH3 is 1. The van der Waals surface area contributed by atoms with Crippen LogP contribution in [0.4, 0.5) is 5.69 Å². The smallest absolute Gasteiger partial charge is 0.279 e. The van der Waals surface area contributed by atoms with E-state index in [1.807, 2.05) is 0 Å². The van der Waals surface area contributed by atoms with Crippen molar-refractivity contribution in [2.24, 2.45) is 5.92 Å². The first-order chi connectivity index (χ1) is 12.6. The first-order valence-corrected chi connectivity index (χ1v) is 9.52. The summed E-state index contributed by atoms with van der Waals surface area (Å²) in [6, 6.07) is 15.9. The average Bonchev–Trinajstić information content (AvgIpc) is 2.64. The molecular formula is C21H26ClN2O2+. The molecule has 3 rings (SSSR count). The lowest BCUT2D eigenvalue weighted by atomic mass is 9.90. The van der Waals surface area contributed by atoms with Gasteiger partial charge in [-0.25, -0.2) is 0 Å². The highest BCUT2D eigenvalue weighted by Crippen LogP contribution is 2.27. The summed E-state index contributed by atoms with van der Waals surface area (Å²) in [5, 5.41) is 3.51. The lowest BCUT2D eigenvalue weighted by Gasteiger charge is -2.29. The van der Waals surface area contributed by atoms with Gasteiger partial charge in [0.05, 0.1) is 25.9 Å². The van der Waals surface area contributed by atoms with Gasteiger partial charge in [0.2, 0.25) is 0 Å². The molecule has 0 aliphatic carbocycles. The van der Waals surface area contributed by atoms with Crippen LogP contribution >= 0.6 is 11.6 Å². The standard InChI is InChI=1S/C21H25ClN2O2/c1-26-20-8-7-18(22)14-19(20)23-21(25)15-24-11-9-17(10-12-24)13-16-5-3-2-4-6-16/h2-8,14,17H,9-13,15H2,1H3,(H,23,25)/p+1. The van der Waals surface area contributed by atoms with E-state index in [9.17, 15) is 4.79 Å². The fraction of sp³-hybridized carbons (Fsp3) is 0.381. The molecule has 4 nitrogen and oxygen atoms in total. The molecule has 0 radical (unpaired) electrons. The van der Waals surface area contributed by atoms with Crippen LogP contribution in [0.1, 0.15) is 18.4 Å². The Hall–Kier alpha value is -2.04. The van der Waals surface area contributed by atoms with Crippen LogP contribution < -0.4 is 15.0 Å². The molecule has 0 unspecified atom stereocenters. The number of hydrogen-bond donors (Lipinski definition) is 2. The molecule has 26 heavy (non-hydrogen) atoms. The molecule has 0 spiro atoms. The molecule has 0 saturated carbocycles. The van der Waals surface area contributed by atoms with E-state index in [4.69, 9.17) is 16.3 Å². The van der Waals surface area contributed by atoms with Crippen molar-refractivity contribution in [3.05, 3.63) is 59.1 Å². The van der Waals surface area contributed by atoms with Crippen molar-refractivity contribution >= 4 is 23.2 Å². The van der Waals surface area contributed by atoms with Crippen LogP contribution in [0.2, 0.25) is 5.02 Å². The third-order valence-corrected chi connectivity index (χ3v) is 5.26. The van der Waals surface area contributed by atoms with E-state index in [2.05, 4.69) is 35.6 Å². The van der Waals surface area contributed by atoms with E-state index in [0.29, 0.717) is 23.0 Å². The van der Waals surface area contributed by atoms with Gasteiger partial charge in [0.1, 0.15) is 5.75 Å². The number of halogens is 1. The van der Waals surface area contributed by atoms with Gasteiger partial charge in [0.15, 0.2) is 6.54 Å². The van der Waals surface area contributed by atoms with Crippen LogP contribution in [0.25, 0.3) is 0 Å². The van der Waals surface area contributed by atoms with Crippen LogP contribution in [0.3, 0.4) is 0 Å². The molecule has 1 aliphatic rings. The predicted molar refractivity (Wildman–Crippen MR) is 105 cm³/mol. The number of hydrogen-bond acceptors (Lipinski definition) is 2. The van der Waals surface area contributed by atoms with Gasteiger partial charge in [-0.1, -0.05) is 41.9 Å². The van der Waals surface area contributed by atoms with Crippen LogP contribution in [-0.2, 0) is 11.2 Å². The molecule has 1 aliphatic heterocycles. The van der Waals surface area contributed by atoms with Crippen molar-refractivity contribution in [1.82, 2.24) is 0 Å². The summed E-state index contributed by atoms with van der Waals surface area (Å²) < 4.78 is 5.28. The average molecular weight is 374 g/mol. The molecule has 0 bridgehead atoms. The highest BCUT2D eigenvalue weighted by Gasteiger charge is 2.24. The van der Waals surface area contributed by atoms with Crippen molar-refractivity contribution in [3.63, 3.8) is 0 Å². The lowest BCUT2D eigenvalue weighted by molar-refractivity contribution is -0.898. The molecule has 2 aromatic rings. The van der Waals surface area contributed by atoms with E-state index in [1.165, 1.54) is 10.5 Å². The minimum atomic E-state index is 0.00192. The molecule has 5 heteroatoms. The summed E-state index contributed by atoms with van der Waals surface area (Å²) in [5.74, 6) is 1.35. The van der Waals surface area contributed by atoms with Crippen molar-refractivity contribution in [2.75, 3.05) is 32.1 Å². The molecule has 0 aromatic heterocycles. The maximum absolute atomic E-state index is 12.4. The van der Waals surface area contributed by atoms with Crippen LogP contribution in [0, 0.1) is 5.92 Å². The lowest BCUT2D eigenvalue weighted by Crippen LogP contribution is -3.14. The summed E-state index contributed by atoms with van der Waals surface area (Å²) in [4.78, 5) is 13.7. The number of benzene rings is 2. The molecule has 2 N–H and O–H groups in total. The van der Waals surface area contributed by atoms with Gasteiger partial charge in [-0.05, 0) is 48.9 Å². The predicted octanol–water partition coefficient (Wildman–Crippen LogP) is 2.82. The monoisotopic (exact) mass is 373 g/mol. The van der Waals surface area contributed by atoms with Crippen molar-refractivity contribution < 1.29 is 14.4 Å². The number of anilines is 1. The molecule has 138 valence electrons. The second kappa shape index (κ2) is 9.06. The normalized spacial score (nSPS) is 19.8. The molecule has 1 saturated heterocycles.